The third-order valence-corrected chi connectivity index (χ3v) is 3.81. The summed E-state index contributed by atoms with van der Waals surface area (Å²) in [6.07, 6.45) is 1.72. The van der Waals surface area contributed by atoms with Crippen molar-refractivity contribution in [3.63, 3.8) is 0 Å². The van der Waals surface area contributed by atoms with Gasteiger partial charge in [0, 0.05) is 30.9 Å². The lowest BCUT2D eigenvalue weighted by Gasteiger charge is -2.23. The number of halogens is 1. The molecule has 114 valence electrons. The summed E-state index contributed by atoms with van der Waals surface area (Å²) in [5.41, 5.74) is 2.29. The summed E-state index contributed by atoms with van der Waals surface area (Å²) in [5, 5.41) is 7.61. The molecule has 5 heteroatoms. The van der Waals surface area contributed by atoms with Crippen LogP contribution in [-0.2, 0) is 13.6 Å². The summed E-state index contributed by atoms with van der Waals surface area (Å²) >= 11 is 0. The first kappa shape index (κ1) is 15.5. The van der Waals surface area contributed by atoms with Crippen LogP contribution in [0.4, 0.5) is 4.39 Å². The monoisotopic (exact) mass is 291 g/mol. The molecule has 0 bridgehead atoms. The number of benzene rings is 1. The van der Waals surface area contributed by atoms with E-state index in [9.17, 15) is 4.39 Å². The van der Waals surface area contributed by atoms with Crippen molar-refractivity contribution in [3.8, 4) is 5.75 Å². The molecule has 0 aliphatic carbocycles. The summed E-state index contributed by atoms with van der Waals surface area (Å²) < 4.78 is 21.1. The number of aryl methyl sites for hydroxylation is 1. The molecule has 0 aliphatic heterocycles. The molecule has 21 heavy (non-hydrogen) atoms. The fraction of sp³-hybridized carbons (Fsp3) is 0.438. The fourth-order valence-corrected chi connectivity index (χ4v) is 2.00. The van der Waals surface area contributed by atoms with Gasteiger partial charge in [0.25, 0.3) is 0 Å². The highest BCUT2D eigenvalue weighted by molar-refractivity contribution is 5.24. The molecule has 0 spiro atoms. The van der Waals surface area contributed by atoms with E-state index in [-0.39, 0.29) is 23.7 Å². The molecule has 2 aromatic rings. The van der Waals surface area contributed by atoms with Gasteiger partial charge in [-0.3, -0.25) is 4.68 Å². The van der Waals surface area contributed by atoms with Crippen LogP contribution in [0.25, 0.3) is 0 Å². The van der Waals surface area contributed by atoms with Crippen molar-refractivity contribution in [2.24, 2.45) is 7.05 Å². The molecule has 0 radical (unpaired) electrons. The third kappa shape index (κ3) is 3.82. The maximum atomic E-state index is 13.6. The van der Waals surface area contributed by atoms with Crippen molar-refractivity contribution in [3.05, 3.63) is 47.5 Å². The molecule has 1 N–H and O–H groups in total. The molecule has 2 rings (SSSR count). The maximum absolute atomic E-state index is 13.6. The average molecular weight is 291 g/mol. The van der Waals surface area contributed by atoms with Gasteiger partial charge in [0.2, 0.25) is 0 Å². The highest BCUT2D eigenvalue weighted by Crippen LogP contribution is 2.18. The van der Waals surface area contributed by atoms with Crippen LogP contribution >= 0.6 is 0 Å². The van der Waals surface area contributed by atoms with E-state index in [1.165, 1.54) is 6.07 Å². The quantitative estimate of drug-likeness (QED) is 0.889. The summed E-state index contributed by atoms with van der Waals surface area (Å²) in [5.74, 6) is -0.0455. The second-order valence-electron chi connectivity index (χ2n) is 5.30. The minimum Gasteiger partial charge on any atom is -0.486 e. The Balaban J connectivity index is 1.89. The Morgan fingerprint density at radius 2 is 2.05 bits per heavy atom. The standard InChI is InChI=1S/C16H22FN3O/c1-11(18-9-14-10-19-20(4)12(14)2)13(3)21-16-8-6-5-7-15(16)17/h5-8,10-11,13,18H,9H2,1-4H3/t11-,13+/m0/s1. The van der Waals surface area contributed by atoms with Crippen molar-refractivity contribution in [1.29, 1.82) is 0 Å². The van der Waals surface area contributed by atoms with Gasteiger partial charge in [0.05, 0.1) is 6.20 Å². The minimum atomic E-state index is -0.334. The van der Waals surface area contributed by atoms with E-state index in [1.54, 1.807) is 18.2 Å². The fourth-order valence-electron chi connectivity index (χ4n) is 2.00. The number of nitrogens with zero attached hydrogens (tertiary/aromatic N) is 2. The van der Waals surface area contributed by atoms with Gasteiger partial charge in [-0.05, 0) is 32.9 Å². The number of rotatable bonds is 6. The van der Waals surface area contributed by atoms with Gasteiger partial charge in [0.1, 0.15) is 6.10 Å². The summed E-state index contributed by atoms with van der Waals surface area (Å²) in [6.45, 7) is 6.71. The third-order valence-electron chi connectivity index (χ3n) is 3.81. The Morgan fingerprint density at radius 1 is 1.33 bits per heavy atom. The van der Waals surface area contributed by atoms with Crippen LogP contribution in [0, 0.1) is 12.7 Å². The van der Waals surface area contributed by atoms with Crippen LogP contribution in [0.2, 0.25) is 0 Å². The van der Waals surface area contributed by atoms with Crippen LogP contribution < -0.4 is 10.1 Å². The lowest BCUT2D eigenvalue weighted by atomic mass is 10.2. The molecule has 0 fully saturated rings. The largest absolute Gasteiger partial charge is 0.486 e. The first-order chi connectivity index (χ1) is 9.99. The van der Waals surface area contributed by atoms with Gasteiger partial charge in [0.15, 0.2) is 11.6 Å². The lowest BCUT2D eigenvalue weighted by Crippen LogP contribution is -2.38. The molecule has 0 aliphatic rings. The highest BCUT2D eigenvalue weighted by atomic mass is 19.1. The summed E-state index contributed by atoms with van der Waals surface area (Å²) in [4.78, 5) is 0. The van der Waals surface area contributed by atoms with Gasteiger partial charge in [-0.15, -0.1) is 0 Å². The van der Waals surface area contributed by atoms with E-state index < -0.39 is 0 Å². The zero-order valence-corrected chi connectivity index (χ0v) is 12.9. The predicted octanol–water partition coefficient (Wildman–Crippen LogP) is 2.81. The number of aromatic nitrogens is 2. The Kier molecular flexibility index (Phi) is 4.96. The second-order valence-corrected chi connectivity index (χ2v) is 5.30. The molecule has 0 unspecified atom stereocenters. The molecule has 1 aromatic heterocycles. The van der Waals surface area contributed by atoms with Crippen molar-refractivity contribution >= 4 is 0 Å². The first-order valence-corrected chi connectivity index (χ1v) is 7.11. The van der Waals surface area contributed by atoms with E-state index in [2.05, 4.69) is 10.4 Å². The molecular formula is C16H22FN3O. The molecule has 1 aromatic carbocycles. The normalized spacial score (nSPS) is 14.0. The summed E-state index contributed by atoms with van der Waals surface area (Å²) in [7, 11) is 1.92. The highest BCUT2D eigenvalue weighted by Gasteiger charge is 2.16. The van der Waals surface area contributed by atoms with Gasteiger partial charge < -0.3 is 10.1 Å². The molecule has 0 amide bonds. The summed E-state index contributed by atoms with van der Waals surface area (Å²) in [6, 6.07) is 6.55. The number of nitrogens with one attached hydrogen (secondary N) is 1. The first-order valence-electron chi connectivity index (χ1n) is 7.11. The van der Waals surface area contributed by atoms with Crippen LogP contribution in [0.3, 0.4) is 0 Å². The molecule has 1 heterocycles. The lowest BCUT2D eigenvalue weighted by molar-refractivity contribution is 0.170. The Labute approximate surface area is 124 Å². The molecule has 0 saturated carbocycles. The van der Waals surface area contributed by atoms with Gasteiger partial charge in [-0.1, -0.05) is 12.1 Å². The van der Waals surface area contributed by atoms with Gasteiger partial charge in [-0.25, -0.2) is 4.39 Å². The Hall–Kier alpha value is -1.88. The molecule has 2 atom stereocenters. The van der Waals surface area contributed by atoms with Crippen LogP contribution in [-0.4, -0.2) is 21.9 Å². The van der Waals surface area contributed by atoms with Crippen molar-refractivity contribution in [2.45, 2.75) is 39.5 Å². The Bertz CT molecular complexity index is 597. The number of hydrogen-bond acceptors (Lipinski definition) is 3. The zero-order chi connectivity index (χ0) is 15.4. The van der Waals surface area contributed by atoms with E-state index >= 15 is 0 Å². The van der Waals surface area contributed by atoms with E-state index in [4.69, 9.17) is 4.74 Å². The topological polar surface area (TPSA) is 39.1 Å². The predicted molar refractivity (Wildman–Crippen MR) is 80.7 cm³/mol. The van der Waals surface area contributed by atoms with Gasteiger partial charge >= 0.3 is 0 Å². The minimum absolute atomic E-state index is 0.0872. The van der Waals surface area contributed by atoms with E-state index in [0.717, 1.165) is 11.3 Å². The van der Waals surface area contributed by atoms with Crippen LogP contribution in [0.15, 0.2) is 30.5 Å². The molecule has 0 saturated heterocycles. The Morgan fingerprint density at radius 3 is 2.67 bits per heavy atom. The zero-order valence-electron chi connectivity index (χ0n) is 12.9. The van der Waals surface area contributed by atoms with E-state index in [1.807, 2.05) is 38.7 Å². The van der Waals surface area contributed by atoms with E-state index in [0.29, 0.717) is 6.54 Å². The van der Waals surface area contributed by atoms with Gasteiger partial charge in [-0.2, -0.15) is 5.10 Å². The number of ether oxygens (including phenoxy) is 1. The van der Waals surface area contributed by atoms with Crippen LogP contribution in [0.5, 0.6) is 5.75 Å². The second kappa shape index (κ2) is 6.72. The number of hydrogen-bond donors (Lipinski definition) is 1. The SMILES string of the molecule is Cc1c(CN[C@@H](C)[C@@H](C)Oc2ccccc2F)cnn1C. The maximum Gasteiger partial charge on any atom is 0.165 e. The molecular weight excluding hydrogens is 269 g/mol. The van der Waals surface area contributed by atoms with Crippen molar-refractivity contribution in [1.82, 2.24) is 15.1 Å². The number of para-hydroxylation sites is 1. The van der Waals surface area contributed by atoms with Crippen molar-refractivity contribution < 1.29 is 9.13 Å². The van der Waals surface area contributed by atoms with Crippen LogP contribution in [0.1, 0.15) is 25.1 Å². The smallest absolute Gasteiger partial charge is 0.165 e. The molecule has 4 nitrogen and oxygen atoms in total. The van der Waals surface area contributed by atoms with Crippen molar-refractivity contribution in [2.75, 3.05) is 0 Å². The average Bonchev–Trinajstić information content (AvgIpc) is 2.78.